The number of aliphatic hydroxyl groups excluding tert-OH is 2. The maximum Gasteiger partial charge on any atom is 0.178 e. The van der Waals surface area contributed by atoms with Crippen LogP contribution in [0.1, 0.15) is 6.42 Å². The monoisotopic (exact) mass is 224 g/mol. The van der Waals surface area contributed by atoms with Crippen LogP contribution in [0.3, 0.4) is 0 Å². The van der Waals surface area contributed by atoms with Crippen LogP contribution in [0.25, 0.3) is 0 Å². The molecule has 0 aromatic carbocycles. The lowest BCUT2D eigenvalue weighted by molar-refractivity contribution is 0.131. The van der Waals surface area contributed by atoms with Crippen LogP contribution in [0, 0.1) is 0 Å². The predicted octanol–water partition coefficient (Wildman–Crippen LogP) is -0.0210. The molecule has 0 saturated carbocycles. The summed E-state index contributed by atoms with van der Waals surface area (Å²) in [4.78, 5) is 7.68. The molecule has 1 aliphatic rings. The Morgan fingerprint density at radius 2 is 2.44 bits per heavy atom. The van der Waals surface area contributed by atoms with Crippen molar-refractivity contribution in [3.63, 3.8) is 0 Å². The molecule has 86 valence electrons. The molecule has 0 fully saturated rings. The molecule has 0 radical (unpaired) electrons. The van der Waals surface area contributed by atoms with Gasteiger partial charge in [-0.1, -0.05) is 0 Å². The molecule has 7 heteroatoms. The van der Waals surface area contributed by atoms with Crippen LogP contribution in [-0.4, -0.2) is 33.0 Å². The highest BCUT2D eigenvalue weighted by molar-refractivity contribution is 5.59. The van der Waals surface area contributed by atoms with Crippen molar-refractivity contribution in [3.8, 4) is 0 Å². The standard InChI is InChI=1S/C9H12N4O3/c10-5-2-11-4-12-9(5)13-8-1-6(15)7(3-14)16-8/h2,4,8,14-15H,1,3,10H2,(H,11,12,13)/t8-/m1/s1. The van der Waals surface area contributed by atoms with Gasteiger partial charge in [0.05, 0.1) is 18.3 Å². The molecule has 16 heavy (non-hydrogen) atoms. The van der Waals surface area contributed by atoms with E-state index >= 15 is 0 Å². The van der Waals surface area contributed by atoms with Gasteiger partial charge in [-0.2, -0.15) is 0 Å². The Morgan fingerprint density at radius 3 is 3.06 bits per heavy atom. The van der Waals surface area contributed by atoms with Crippen LogP contribution in [-0.2, 0) is 4.74 Å². The van der Waals surface area contributed by atoms with Gasteiger partial charge in [-0.25, -0.2) is 9.97 Å². The van der Waals surface area contributed by atoms with E-state index in [1.165, 1.54) is 12.5 Å². The van der Waals surface area contributed by atoms with Crippen LogP contribution >= 0.6 is 0 Å². The van der Waals surface area contributed by atoms with Gasteiger partial charge < -0.3 is 26.0 Å². The van der Waals surface area contributed by atoms with E-state index in [9.17, 15) is 5.11 Å². The zero-order chi connectivity index (χ0) is 11.5. The molecule has 0 unspecified atom stereocenters. The molecular weight excluding hydrogens is 212 g/mol. The number of nitrogens with two attached hydrogens (primary N) is 1. The molecular formula is C9H12N4O3. The van der Waals surface area contributed by atoms with E-state index in [0.717, 1.165) is 0 Å². The summed E-state index contributed by atoms with van der Waals surface area (Å²) in [6, 6.07) is 0. The van der Waals surface area contributed by atoms with Crippen molar-refractivity contribution < 1.29 is 14.9 Å². The second-order valence-corrected chi connectivity index (χ2v) is 3.31. The Morgan fingerprint density at radius 1 is 1.62 bits per heavy atom. The van der Waals surface area contributed by atoms with Crippen molar-refractivity contribution in [2.45, 2.75) is 12.6 Å². The highest BCUT2D eigenvalue weighted by Gasteiger charge is 2.25. The van der Waals surface area contributed by atoms with Gasteiger partial charge in [0.15, 0.2) is 17.8 Å². The molecule has 5 N–H and O–H groups in total. The second kappa shape index (κ2) is 4.23. The highest BCUT2D eigenvalue weighted by Crippen LogP contribution is 2.24. The number of nitrogens with zero attached hydrogens (tertiary/aromatic N) is 2. The maximum absolute atomic E-state index is 9.40. The van der Waals surface area contributed by atoms with Gasteiger partial charge in [0.1, 0.15) is 18.7 Å². The van der Waals surface area contributed by atoms with Crippen molar-refractivity contribution in [2.75, 3.05) is 17.7 Å². The first-order chi connectivity index (χ1) is 7.70. The van der Waals surface area contributed by atoms with Gasteiger partial charge in [0.2, 0.25) is 0 Å². The lowest BCUT2D eigenvalue weighted by Gasteiger charge is -2.15. The molecule has 0 saturated heterocycles. The third-order valence-corrected chi connectivity index (χ3v) is 2.17. The van der Waals surface area contributed by atoms with Gasteiger partial charge in [-0.15, -0.1) is 0 Å². The Bertz CT molecular complexity index is 421. The van der Waals surface area contributed by atoms with E-state index in [2.05, 4.69) is 15.3 Å². The fourth-order valence-corrected chi connectivity index (χ4v) is 1.39. The highest BCUT2D eigenvalue weighted by atomic mass is 16.5. The number of nitrogen functional groups attached to an aromatic ring is 1. The molecule has 1 aromatic rings. The minimum atomic E-state index is -0.473. The van der Waals surface area contributed by atoms with Crippen LogP contribution in [0.4, 0.5) is 11.5 Å². The molecule has 2 rings (SSSR count). The van der Waals surface area contributed by atoms with Crippen molar-refractivity contribution in [1.29, 1.82) is 0 Å². The summed E-state index contributed by atoms with van der Waals surface area (Å²) < 4.78 is 5.23. The minimum Gasteiger partial charge on any atom is -0.508 e. The number of rotatable bonds is 3. The maximum atomic E-state index is 9.40. The first-order valence-corrected chi connectivity index (χ1v) is 4.71. The Kier molecular flexibility index (Phi) is 2.78. The number of hydrogen-bond acceptors (Lipinski definition) is 7. The first-order valence-electron chi connectivity index (χ1n) is 4.71. The Hall–Kier alpha value is -2.02. The van der Waals surface area contributed by atoms with E-state index in [1.54, 1.807) is 0 Å². The summed E-state index contributed by atoms with van der Waals surface area (Å²) in [6.45, 7) is -0.330. The largest absolute Gasteiger partial charge is 0.508 e. The van der Waals surface area contributed by atoms with Crippen molar-refractivity contribution in [3.05, 3.63) is 24.0 Å². The normalized spacial score (nSPS) is 19.7. The Balaban J connectivity index is 2.02. The average molecular weight is 224 g/mol. The van der Waals surface area contributed by atoms with Gasteiger partial charge in [0, 0.05) is 0 Å². The van der Waals surface area contributed by atoms with Gasteiger partial charge in [0.25, 0.3) is 0 Å². The fourth-order valence-electron chi connectivity index (χ4n) is 1.39. The summed E-state index contributed by atoms with van der Waals surface area (Å²) in [5, 5.41) is 21.1. The van der Waals surface area contributed by atoms with Gasteiger partial charge in [-0.3, -0.25) is 0 Å². The van der Waals surface area contributed by atoms with Crippen LogP contribution in [0.5, 0.6) is 0 Å². The first kappa shape index (κ1) is 10.5. The Labute approximate surface area is 91.6 Å². The number of aromatic nitrogens is 2. The summed E-state index contributed by atoms with van der Waals surface area (Å²) in [6.07, 6.45) is 2.61. The summed E-state index contributed by atoms with van der Waals surface area (Å²) in [5.74, 6) is 0.643. The molecule has 1 aliphatic heterocycles. The zero-order valence-electron chi connectivity index (χ0n) is 8.42. The van der Waals surface area contributed by atoms with Gasteiger partial charge in [-0.05, 0) is 0 Å². The van der Waals surface area contributed by atoms with Crippen LogP contribution in [0.2, 0.25) is 0 Å². The molecule has 0 bridgehead atoms. The van der Waals surface area contributed by atoms with E-state index in [-0.39, 0.29) is 24.5 Å². The van der Waals surface area contributed by atoms with E-state index in [0.29, 0.717) is 11.5 Å². The van der Waals surface area contributed by atoms with E-state index in [1.807, 2.05) is 0 Å². The lowest BCUT2D eigenvalue weighted by atomic mass is 10.3. The topological polar surface area (TPSA) is 114 Å². The second-order valence-electron chi connectivity index (χ2n) is 3.31. The molecule has 1 atom stereocenters. The van der Waals surface area contributed by atoms with Crippen LogP contribution < -0.4 is 11.1 Å². The average Bonchev–Trinajstić information content (AvgIpc) is 2.62. The fraction of sp³-hybridized carbons (Fsp3) is 0.333. The van der Waals surface area contributed by atoms with Crippen molar-refractivity contribution in [1.82, 2.24) is 9.97 Å². The smallest absolute Gasteiger partial charge is 0.178 e. The predicted molar refractivity (Wildman–Crippen MR) is 56.3 cm³/mol. The SMILES string of the molecule is Nc1cncnc1N[C@H]1CC(O)=C(CO)O1. The van der Waals surface area contributed by atoms with Crippen molar-refractivity contribution in [2.24, 2.45) is 0 Å². The number of nitrogens with one attached hydrogen (secondary N) is 1. The molecule has 7 nitrogen and oxygen atoms in total. The molecule has 0 spiro atoms. The zero-order valence-corrected chi connectivity index (χ0v) is 8.42. The molecule has 0 amide bonds. The third-order valence-electron chi connectivity index (χ3n) is 2.17. The minimum absolute atomic E-state index is 0.0348. The summed E-state index contributed by atoms with van der Waals surface area (Å²) in [7, 11) is 0. The van der Waals surface area contributed by atoms with E-state index < -0.39 is 6.23 Å². The van der Waals surface area contributed by atoms with Crippen molar-refractivity contribution >= 4 is 11.5 Å². The van der Waals surface area contributed by atoms with E-state index in [4.69, 9.17) is 15.6 Å². The van der Waals surface area contributed by atoms with Gasteiger partial charge >= 0.3 is 0 Å². The summed E-state index contributed by atoms with van der Waals surface area (Å²) >= 11 is 0. The molecule has 2 heterocycles. The molecule has 1 aromatic heterocycles. The number of aliphatic hydroxyl groups is 2. The quantitative estimate of drug-likeness (QED) is 0.570. The number of ether oxygens (including phenoxy) is 1. The van der Waals surface area contributed by atoms with Crippen LogP contribution in [0.15, 0.2) is 24.0 Å². The number of hydrogen-bond donors (Lipinski definition) is 4. The number of anilines is 2. The molecule has 0 aliphatic carbocycles. The summed E-state index contributed by atoms with van der Waals surface area (Å²) in [5.41, 5.74) is 6.02. The lowest BCUT2D eigenvalue weighted by Crippen LogP contribution is -2.20. The third kappa shape index (κ3) is 1.98.